The summed E-state index contributed by atoms with van der Waals surface area (Å²) in [5, 5.41) is 34.7. The summed E-state index contributed by atoms with van der Waals surface area (Å²) in [5.74, 6) is -0.0299. The molecule has 0 spiro atoms. The first-order valence-electron chi connectivity index (χ1n) is 10.1. The van der Waals surface area contributed by atoms with Gasteiger partial charge in [0.2, 0.25) is 0 Å². The van der Waals surface area contributed by atoms with E-state index in [2.05, 4.69) is 5.32 Å². The number of nitriles is 1. The van der Waals surface area contributed by atoms with Crippen molar-refractivity contribution < 1.29 is 14.6 Å². The maximum Gasteiger partial charge on any atom is 0.269 e. The van der Waals surface area contributed by atoms with Gasteiger partial charge in [0, 0.05) is 41.5 Å². The molecule has 0 aliphatic rings. The summed E-state index contributed by atoms with van der Waals surface area (Å²) < 4.78 is 0.402. The van der Waals surface area contributed by atoms with Crippen LogP contribution < -0.4 is 5.32 Å². The summed E-state index contributed by atoms with van der Waals surface area (Å²) in [6, 6.07) is 22.9. The molecular weight excluding hydrogens is 488 g/mol. The number of anilines is 1. The number of nitrogens with one attached hydrogen (secondary N) is 1. The molecule has 0 unspecified atom stereocenters. The molecule has 0 aliphatic carbocycles. The molecule has 0 aromatic heterocycles. The van der Waals surface area contributed by atoms with Crippen molar-refractivity contribution in [2.24, 2.45) is 0 Å². The van der Waals surface area contributed by atoms with Crippen LogP contribution in [0.15, 0.2) is 88.7 Å². The zero-order valence-corrected chi connectivity index (χ0v) is 19.8. The third-order valence-electron chi connectivity index (χ3n) is 4.56. The number of para-hydroxylation sites is 1. The first-order chi connectivity index (χ1) is 16.9. The highest BCUT2D eigenvalue weighted by atomic mass is 32.2. The fourth-order valence-corrected chi connectivity index (χ4v) is 5.11. The maximum absolute atomic E-state index is 12.9. The van der Waals surface area contributed by atoms with Crippen LogP contribution in [-0.4, -0.2) is 15.8 Å². The molecule has 0 atom stereocenters. The lowest BCUT2D eigenvalue weighted by molar-refractivity contribution is -0.385. The first kappa shape index (κ1) is 25.5. The van der Waals surface area contributed by atoms with Crippen LogP contribution in [0, 0.1) is 31.6 Å². The number of carbonyl (C=O) groups excluding carboxylic acids is 1. The number of benzene rings is 3. The molecule has 1 N–H and O–H groups in total. The molecule has 3 aromatic rings. The lowest BCUT2D eigenvalue weighted by Crippen LogP contribution is -2.14. The lowest BCUT2D eigenvalue weighted by atomic mass is 10.2. The average molecular weight is 507 g/mol. The Hall–Kier alpha value is -4.14. The molecule has 0 heterocycles. The van der Waals surface area contributed by atoms with Crippen LogP contribution in [0.25, 0.3) is 0 Å². The van der Waals surface area contributed by atoms with Crippen LogP contribution in [0.1, 0.15) is 11.1 Å². The molecule has 176 valence electrons. The zero-order chi connectivity index (χ0) is 25.2. The van der Waals surface area contributed by atoms with Gasteiger partial charge < -0.3 is 5.32 Å². The van der Waals surface area contributed by atoms with E-state index in [0.29, 0.717) is 21.1 Å². The van der Waals surface area contributed by atoms with Gasteiger partial charge in [0.25, 0.3) is 17.3 Å². The molecule has 0 aliphatic heterocycles. The Kier molecular flexibility index (Phi) is 9.00. The Bertz CT molecular complexity index is 1260. The summed E-state index contributed by atoms with van der Waals surface area (Å²) in [7, 11) is 0. The average Bonchev–Trinajstić information content (AvgIpc) is 2.86. The number of nitro benzene ring substituents is 2. The van der Waals surface area contributed by atoms with Crippen LogP contribution in [0.4, 0.5) is 17.1 Å². The Balaban J connectivity index is 1.87. The fraction of sp³-hybridized carbons (Fsp3) is 0.0833. The van der Waals surface area contributed by atoms with Gasteiger partial charge in [-0.05, 0) is 23.3 Å². The van der Waals surface area contributed by atoms with E-state index in [0.717, 1.165) is 0 Å². The van der Waals surface area contributed by atoms with E-state index >= 15 is 0 Å². The van der Waals surface area contributed by atoms with E-state index < -0.39 is 15.8 Å². The van der Waals surface area contributed by atoms with Crippen LogP contribution in [0.3, 0.4) is 0 Å². The minimum Gasteiger partial charge on any atom is -0.321 e. The molecule has 35 heavy (non-hydrogen) atoms. The van der Waals surface area contributed by atoms with Crippen molar-refractivity contribution in [1.29, 1.82) is 5.26 Å². The van der Waals surface area contributed by atoms with Crippen LogP contribution in [-0.2, 0) is 16.3 Å². The number of amides is 1. The van der Waals surface area contributed by atoms with Gasteiger partial charge in [-0.1, -0.05) is 42.5 Å². The minimum atomic E-state index is -0.591. The number of rotatable bonds is 10. The van der Waals surface area contributed by atoms with E-state index in [4.69, 9.17) is 0 Å². The molecule has 0 saturated carbocycles. The zero-order valence-electron chi connectivity index (χ0n) is 18.1. The fourth-order valence-electron chi connectivity index (χ4n) is 2.91. The van der Waals surface area contributed by atoms with Gasteiger partial charge in [0.1, 0.15) is 11.6 Å². The minimum absolute atomic E-state index is 0.0554. The van der Waals surface area contributed by atoms with Crippen molar-refractivity contribution in [2.75, 3.05) is 5.32 Å². The van der Waals surface area contributed by atoms with E-state index in [1.54, 1.807) is 54.6 Å². The second-order valence-corrected chi connectivity index (χ2v) is 9.26. The highest BCUT2D eigenvalue weighted by Crippen LogP contribution is 2.37. The van der Waals surface area contributed by atoms with Crippen molar-refractivity contribution >= 4 is 46.5 Å². The second-order valence-electron chi connectivity index (χ2n) is 7.03. The Morgan fingerprint density at radius 3 is 1.80 bits per heavy atom. The highest BCUT2D eigenvalue weighted by molar-refractivity contribution is 8.21. The Morgan fingerprint density at radius 2 is 1.34 bits per heavy atom. The third-order valence-corrected chi connectivity index (χ3v) is 7.15. The monoisotopic (exact) mass is 506 g/mol. The molecule has 3 rings (SSSR count). The lowest BCUT2D eigenvalue weighted by Gasteiger charge is -2.11. The SMILES string of the molecule is N#CC(C(=O)Nc1ccccc1)=C(SCc1cccc([N+](=O)[O-])c1)SCc1cccc([N+](=O)[O-])c1. The summed E-state index contributed by atoms with van der Waals surface area (Å²) in [4.78, 5) is 34.1. The smallest absolute Gasteiger partial charge is 0.269 e. The predicted molar refractivity (Wildman–Crippen MR) is 136 cm³/mol. The molecule has 3 aromatic carbocycles. The number of thioether (sulfide) groups is 2. The highest BCUT2D eigenvalue weighted by Gasteiger charge is 2.18. The summed E-state index contributed by atoms with van der Waals surface area (Å²) in [5.41, 5.74) is 1.61. The van der Waals surface area contributed by atoms with E-state index in [1.807, 2.05) is 6.07 Å². The topological polar surface area (TPSA) is 139 Å². The number of carbonyl (C=O) groups is 1. The number of nitrogens with zero attached hydrogens (tertiary/aromatic N) is 3. The normalized spacial score (nSPS) is 10.1. The number of hydrogen-bond donors (Lipinski definition) is 1. The van der Waals surface area contributed by atoms with Gasteiger partial charge in [-0.3, -0.25) is 25.0 Å². The van der Waals surface area contributed by atoms with Crippen molar-refractivity contribution in [3.63, 3.8) is 0 Å². The maximum atomic E-state index is 12.9. The standard InChI is InChI=1S/C24H18N4O5S2/c25-14-22(23(29)26-19-8-2-1-3-9-19)24(34-15-17-6-4-10-20(12-17)27(30)31)35-16-18-7-5-11-21(13-18)28(32)33/h1-13H,15-16H2,(H,26,29). The molecule has 9 nitrogen and oxygen atoms in total. The summed E-state index contributed by atoms with van der Waals surface area (Å²) >= 11 is 2.40. The largest absolute Gasteiger partial charge is 0.321 e. The van der Waals surface area contributed by atoms with Crippen LogP contribution in [0.5, 0.6) is 0 Å². The molecule has 0 fully saturated rings. The molecule has 0 bridgehead atoms. The van der Waals surface area contributed by atoms with E-state index in [1.165, 1.54) is 47.8 Å². The second kappa shape index (κ2) is 12.4. The van der Waals surface area contributed by atoms with Gasteiger partial charge in [-0.15, -0.1) is 23.5 Å². The summed E-state index contributed by atoms with van der Waals surface area (Å²) in [6.45, 7) is 0. The molecule has 0 radical (unpaired) electrons. The van der Waals surface area contributed by atoms with Gasteiger partial charge in [0.15, 0.2) is 0 Å². The summed E-state index contributed by atoms with van der Waals surface area (Å²) in [6.07, 6.45) is 0. The number of non-ortho nitro benzene ring substituents is 2. The number of nitro groups is 2. The molecule has 1 amide bonds. The van der Waals surface area contributed by atoms with Crippen molar-refractivity contribution in [1.82, 2.24) is 0 Å². The first-order valence-corrected chi connectivity index (χ1v) is 12.1. The molecule has 11 heteroatoms. The Labute approximate surface area is 209 Å². The van der Waals surface area contributed by atoms with Gasteiger partial charge in [-0.25, -0.2) is 0 Å². The third kappa shape index (κ3) is 7.43. The molecule has 0 saturated heterocycles. The van der Waals surface area contributed by atoms with Crippen molar-refractivity contribution in [2.45, 2.75) is 11.5 Å². The Morgan fingerprint density at radius 1 is 0.829 bits per heavy atom. The van der Waals surface area contributed by atoms with Crippen LogP contribution >= 0.6 is 23.5 Å². The van der Waals surface area contributed by atoms with Crippen LogP contribution in [0.2, 0.25) is 0 Å². The van der Waals surface area contributed by atoms with Gasteiger partial charge in [-0.2, -0.15) is 5.26 Å². The number of hydrogen-bond acceptors (Lipinski definition) is 8. The molecular formula is C24H18N4O5S2. The quantitative estimate of drug-likeness (QED) is 0.152. The van der Waals surface area contributed by atoms with Crippen molar-refractivity contribution in [3.05, 3.63) is 120 Å². The predicted octanol–water partition coefficient (Wildman–Crippen LogP) is 6.04. The van der Waals surface area contributed by atoms with Gasteiger partial charge in [0.05, 0.1) is 14.1 Å². The van der Waals surface area contributed by atoms with Gasteiger partial charge >= 0.3 is 0 Å². The van der Waals surface area contributed by atoms with Crippen molar-refractivity contribution in [3.8, 4) is 6.07 Å². The van der Waals surface area contributed by atoms with E-state index in [9.17, 15) is 30.3 Å². The van der Waals surface area contributed by atoms with E-state index in [-0.39, 0.29) is 28.5 Å².